The lowest BCUT2D eigenvalue weighted by Gasteiger charge is -2.05. The van der Waals surface area contributed by atoms with Crippen LogP contribution in [0.3, 0.4) is 0 Å². The molecular weight excluding hydrogens is 180 g/mol. The van der Waals surface area contributed by atoms with E-state index in [0.29, 0.717) is 11.3 Å². The summed E-state index contributed by atoms with van der Waals surface area (Å²) in [4.78, 5) is 10.9. The van der Waals surface area contributed by atoms with Crippen molar-refractivity contribution in [2.45, 2.75) is 6.92 Å². The fourth-order valence-corrected chi connectivity index (χ4v) is 1.59. The maximum atomic E-state index is 10.9. The highest BCUT2D eigenvalue weighted by Gasteiger charge is 2.11. The smallest absolute Gasteiger partial charge is 0.154 e. The van der Waals surface area contributed by atoms with E-state index in [1.165, 1.54) is 0 Å². The lowest BCUT2D eigenvalue weighted by molar-refractivity contribution is 0.112. The third-order valence-corrected chi connectivity index (χ3v) is 2.26. The zero-order chi connectivity index (χ0) is 10.1. The molecule has 3 heteroatoms. The Morgan fingerprint density at radius 3 is 2.93 bits per heavy atom. The molecule has 0 spiro atoms. The largest absolute Gasteiger partial charge is 0.496 e. The van der Waals surface area contributed by atoms with Gasteiger partial charge in [-0.3, -0.25) is 4.79 Å². The number of hydrogen-bond acceptors (Lipinski definition) is 3. The first-order chi connectivity index (χ1) is 6.77. The molecule has 0 N–H and O–H groups in total. The Kier molecular flexibility index (Phi) is 2.00. The molecule has 0 bridgehead atoms. The van der Waals surface area contributed by atoms with Crippen molar-refractivity contribution >= 4 is 17.3 Å². The van der Waals surface area contributed by atoms with Crippen LogP contribution in [0.15, 0.2) is 22.8 Å². The van der Waals surface area contributed by atoms with Gasteiger partial charge in [0, 0.05) is 5.39 Å². The molecule has 0 unspecified atom stereocenters. The molecule has 0 aliphatic rings. The van der Waals surface area contributed by atoms with Crippen LogP contribution in [-0.2, 0) is 0 Å². The fraction of sp³-hybridized carbons (Fsp3) is 0.182. The molecule has 0 saturated carbocycles. The van der Waals surface area contributed by atoms with Crippen LogP contribution < -0.4 is 4.74 Å². The first-order valence-corrected chi connectivity index (χ1v) is 4.28. The predicted octanol–water partition coefficient (Wildman–Crippen LogP) is 2.56. The normalized spacial score (nSPS) is 10.4. The number of furan rings is 1. The predicted molar refractivity (Wildman–Crippen MR) is 52.9 cm³/mol. The van der Waals surface area contributed by atoms with E-state index in [0.717, 1.165) is 22.8 Å². The van der Waals surface area contributed by atoms with E-state index in [1.807, 2.05) is 6.92 Å². The molecule has 2 aromatic rings. The van der Waals surface area contributed by atoms with E-state index < -0.39 is 0 Å². The molecule has 3 nitrogen and oxygen atoms in total. The highest BCUT2D eigenvalue weighted by molar-refractivity contribution is 6.00. The minimum Gasteiger partial charge on any atom is -0.496 e. The Labute approximate surface area is 81.3 Å². The van der Waals surface area contributed by atoms with Crippen molar-refractivity contribution in [3.63, 3.8) is 0 Å². The van der Waals surface area contributed by atoms with Crippen LogP contribution in [0.4, 0.5) is 0 Å². The van der Waals surface area contributed by atoms with Crippen LogP contribution in [0, 0.1) is 6.92 Å². The van der Waals surface area contributed by atoms with Crippen molar-refractivity contribution in [3.05, 3.63) is 29.5 Å². The maximum Gasteiger partial charge on any atom is 0.154 e. The highest BCUT2D eigenvalue weighted by Crippen LogP contribution is 2.30. The Morgan fingerprint density at radius 1 is 1.50 bits per heavy atom. The molecule has 2 rings (SSSR count). The third-order valence-electron chi connectivity index (χ3n) is 2.26. The minimum absolute atomic E-state index is 0.543. The van der Waals surface area contributed by atoms with Gasteiger partial charge in [-0.25, -0.2) is 0 Å². The van der Waals surface area contributed by atoms with Crippen molar-refractivity contribution in [1.82, 2.24) is 0 Å². The molecule has 1 aromatic heterocycles. The quantitative estimate of drug-likeness (QED) is 0.683. The van der Waals surface area contributed by atoms with Gasteiger partial charge in [0.25, 0.3) is 0 Å². The van der Waals surface area contributed by atoms with Crippen molar-refractivity contribution < 1.29 is 13.9 Å². The molecule has 0 atom stereocenters. The van der Waals surface area contributed by atoms with E-state index in [2.05, 4.69) is 0 Å². The number of carbonyl (C=O) groups is 1. The maximum absolute atomic E-state index is 10.9. The Hall–Kier alpha value is -1.77. The highest BCUT2D eigenvalue weighted by atomic mass is 16.5. The van der Waals surface area contributed by atoms with Crippen LogP contribution in [0.5, 0.6) is 5.75 Å². The summed E-state index contributed by atoms with van der Waals surface area (Å²) in [5, 5.41) is 0.803. The Morgan fingerprint density at radius 2 is 2.29 bits per heavy atom. The summed E-state index contributed by atoms with van der Waals surface area (Å²) < 4.78 is 10.4. The molecule has 1 heterocycles. The second-order valence-corrected chi connectivity index (χ2v) is 3.09. The standard InChI is InChI=1S/C11H10O3/c1-7-5-10(13-2)9(6-12)8-3-4-14-11(7)8/h3-6H,1-2H3. The summed E-state index contributed by atoms with van der Waals surface area (Å²) in [6.45, 7) is 1.92. The van der Waals surface area contributed by atoms with Gasteiger partial charge in [0.1, 0.15) is 11.3 Å². The van der Waals surface area contributed by atoms with E-state index in [1.54, 1.807) is 25.5 Å². The number of methoxy groups -OCH3 is 1. The van der Waals surface area contributed by atoms with Gasteiger partial charge >= 0.3 is 0 Å². The van der Waals surface area contributed by atoms with E-state index in [-0.39, 0.29) is 0 Å². The fourth-order valence-electron chi connectivity index (χ4n) is 1.59. The number of benzene rings is 1. The molecule has 0 aliphatic heterocycles. The molecule has 0 fully saturated rings. The van der Waals surface area contributed by atoms with Crippen molar-refractivity contribution in [3.8, 4) is 5.75 Å². The van der Waals surface area contributed by atoms with Crippen LogP contribution in [0.2, 0.25) is 0 Å². The van der Waals surface area contributed by atoms with Crippen LogP contribution in [-0.4, -0.2) is 13.4 Å². The number of aryl methyl sites for hydroxylation is 1. The number of carbonyl (C=O) groups excluding carboxylic acids is 1. The topological polar surface area (TPSA) is 39.4 Å². The van der Waals surface area contributed by atoms with Crippen LogP contribution >= 0.6 is 0 Å². The number of rotatable bonds is 2. The number of ether oxygens (including phenoxy) is 1. The van der Waals surface area contributed by atoms with Gasteiger partial charge in [0.05, 0.1) is 18.9 Å². The zero-order valence-corrected chi connectivity index (χ0v) is 8.03. The van der Waals surface area contributed by atoms with Gasteiger partial charge < -0.3 is 9.15 Å². The molecule has 0 saturated heterocycles. The molecule has 0 radical (unpaired) electrons. The number of hydrogen-bond donors (Lipinski definition) is 0. The molecule has 0 aliphatic carbocycles. The van der Waals surface area contributed by atoms with Crippen molar-refractivity contribution in [1.29, 1.82) is 0 Å². The SMILES string of the molecule is COc1cc(C)c2occc2c1C=O. The molecule has 72 valence electrons. The average Bonchev–Trinajstić information content (AvgIpc) is 2.66. The summed E-state index contributed by atoms with van der Waals surface area (Å²) in [5.74, 6) is 0.589. The summed E-state index contributed by atoms with van der Waals surface area (Å²) >= 11 is 0. The summed E-state index contributed by atoms with van der Waals surface area (Å²) in [6.07, 6.45) is 2.36. The molecular formula is C11H10O3. The second-order valence-electron chi connectivity index (χ2n) is 3.09. The minimum atomic E-state index is 0.543. The molecule has 14 heavy (non-hydrogen) atoms. The van der Waals surface area contributed by atoms with Crippen molar-refractivity contribution in [2.24, 2.45) is 0 Å². The van der Waals surface area contributed by atoms with Gasteiger partial charge in [-0.1, -0.05) is 0 Å². The summed E-state index contributed by atoms with van der Waals surface area (Å²) in [5.41, 5.74) is 2.25. The summed E-state index contributed by atoms with van der Waals surface area (Å²) in [7, 11) is 1.55. The Balaban J connectivity index is 2.88. The van der Waals surface area contributed by atoms with Gasteiger partial charge in [-0.15, -0.1) is 0 Å². The average molecular weight is 190 g/mol. The number of aldehydes is 1. The van der Waals surface area contributed by atoms with E-state index in [9.17, 15) is 4.79 Å². The zero-order valence-electron chi connectivity index (χ0n) is 8.03. The molecule has 1 aromatic carbocycles. The first-order valence-electron chi connectivity index (χ1n) is 4.28. The number of fused-ring (bicyclic) bond motifs is 1. The lowest BCUT2D eigenvalue weighted by Crippen LogP contribution is -1.92. The lowest BCUT2D eigenvalue weighted by atomic mass is 10.1. The van der Waals surface area contributed by atoms with Crippen molar-refractivity contribution in [2.75, 3.05) is 7.11 Å². The first kappa shape index (κ1) is 8.81. The van der Waals surface area contributed by atoms with Gasteiger partial charge in [0.15, 0.2) is 6.29 Å². The monoisotopic (exact) mass is 190 g/mol. The van der Waals surface area contributed by atoms with Crippen LogP contribution in [0.1, 0.15) is 15.9 Å². The van der Waals surface area contributed by atoms with E-state index in [4.69, 9.17) is 9.15 Å². The Bertz CT molecular complexity index is 482. The second kappa shape index (κ2) is 3.18. The van der Waals surface area contributed by atoms with Gasteiger partial charge in [0.2, 0.25) is 0 Å². The van der Waals surface area contributed by atoms with Gasteiger partial charge in [-0.05, 0) is 24.6 Å². The third kappa shape index (κ3) is 1.09. The van der Waals surface area contributed by atoms with Gasteiger partial charge in [-0.2, -0.15) is 0 Å². The van der Waals surface area contributed by atoms with E-state index >= 15 is 0 Å². The summed E-state index contributed by atoms with van der Waals surface area (Å²) in [6, 6.07) is 3.57. The van der Waals surface area contributed by atoms with Crippen LogP contribution in [0.25, 0.3) is 11.0 Å². The molecule has 0 amide bonds.